The van der Waals surface area contributed by atoms with E-state index in [-0.39, 0.29) is 34.1 Å². The molecule has 2 rings (SSSR count). The fraction of sp³-hybridized carbons (Fsp3) is 0. The Kier molecular flexibility index (Phi) is 119. The minimum atomic E-state index is 0. The van der Waals surface area contributed by atoms with Crippen molar-refractivity contribution in [3.05, 3.63) is 74.0 Å². The molecule has 0 aliphatic carbocycles. The minimum absolute atomic E-state index is 0. The van der Waals surface area contributed by atoms with E-state index in [1.807, 2.05) is 60.7 Å². The zero-order valence-corrected chi connectivity index (χ0v) is 12.5. The molecule has 0 heterocycles. The molecule has 20 heavy (non-hydrogen) atoms. The van der Waals surface area contributed by atoms with Crippen LogP contribution in [0.2, 0.25) is 0 Å². The first kappa shape index (κ1) is 36.3. The first-order valence-electron chi connectivity index (χ1n) is 4.21. The Balaban J connectivity index is -0.0000000311. The Labute approximate surface area is 140 Å². The summed E-state index contributed by atoms with van der Waals surface area (Å²) in [5, 5.41) is 0. The third-order valence-corrected chi connectivity index (χ3v) is 1.11. The van der Waals surface area contributed by atoms with Gasteiger partial charge >= 0.3 is 39.7 Å². The molecule has 0 saturated carbocycles. The van der Waals surface area contributed by atoms with Gasteiger partial charge in [-0.2, -0.15) is 18.2 Å². The summed E-state index contributed by atoms with van der Waals surface area (Å²) in [6.45, 7) is 15.5. The van der Waals surface area contributed by atoms with Gasteiger partial charge in [-0.3, -0.25) is 13.6 Å². The van der Waals surface area contributed by atoms with Crippen LogP contribution in [0.15, 0.2) is 60.7 Å². The van der Waals surface area contributed by atoms with Gasteiger partial charge in [-0.25, -0.2) is 12.1 Å². The van der Waals surface area contributed by atoms with E-state index in [9.17, 15) is 0 Å². The molecular formula is C14H12Fe2O4-3. The van der Waals surface area contributed by atoms with Crippen LogP contribution in [-0.2, 0) is 53.0 Å². The van der Waals surface area contributed by atoms with E-state index in [1.54, 1.807) is 0 Å². The number of carbonyl (C=O) groups excluding carboxylic acids is 2. The molecule has 2 aromatic carbocycles. The van der Waals surface area contributed by atoms with Gasteiger partial charge in [0.15, 0.2) is 0 Å². The van der Waals surface area contributed by atoms with Crippen LogP contribution >= 0.6 is 0 Å². The molecule has 0 bridgehead atoms. The van der Waals surface area contributed by atoms with E-state index in [4.69, 9.17) is 18.9 Å². The molecule has 1 radical (unpaired) electrons. The summed E-state index contributed by atoms with van der Waals surface area (Å²) in [6, 6.07) is 20.0. The molecule has 4 nitrogen and oxygen atoms in total. The molecule has 0 unspecified atom stereocenters. The van der Waals surface area contributed by atoms with Gasteiger partial charge in [0.2, 0.25) is 0 Å². The van der Waals surface area contributed by atoms with E-state index in [0.717, 1.165) is 0 Å². The van der Waals surface area contributed by atoms with Crippen LogP contribution in [0.1, 0.15) is 0 Å². The Morgan fingerprint density at radius 1 is 0.700 bits per heavy atom. The van der Waals surface area contributed by atoms with Gasteiger partial charge in [0.1, 0.15) is 0 Å². The molecule has 111 valence electrons. The molecule has 0 N–H and O–H groups in total. The third-order valence-electron chi connectivity index (χ3n) is 1.11. The molecule has 0 atom stereocenters. The van der Waals surface area contributed by atoms with Gasteiger partial charge in [-0.05, 0) is 0 Å². The van der Waals surface area contributed by atoms with Gasteiger partial charge < -0.3 is 39.9 Å². The standard InChI is InChI=1S/2C5H5.2CHO.2CO.2Fe/c2*1-2-4-5-3-1;4*1-2;;/h2*1-5H;2*1H;;;;/q-5;3*-1;;;;+5. The van der Waals surface area contributed by atoms with E-state index in [1.165, 1.54) is 0 Å². The molecule has 6 heteroatoms. The Bertz CT molecular complexity index is 247. The summed E-state index contributed by atoms with van der Waals surface area (Å²) >= 11 is 0. The zero-order chi connectivity index (χ0) is 15.1. The summed E-state index contributed by atoms with van der Waals surface area (Å²) in [7, 11) is 0. The van der Waals surface area contributed by atoms with Crippen molar-refractivity contribution in [2.45, 2.75) is 0 Å². The molecule has 2 aromatic rings. The van der Waals surface area contributed by atoms with Gasteiger partial charge in [0.25, 0.3) is 0 Å². The van der Waals surface area contributed by atoms with Crippen LogP contribution < -0.4 is 0 Å². The molecule has 0 amide bonds. The summed E-state index contributed by atoms with van der Waals surface area (Å²) in [5.74, 6) is 0. The maximum atomic E-state index is 7.75. The number of rotatable bonds is 0. The molecular weight excluding hydrogens is 344 g/mol. The van der Waals surface area contributed by atoms with Crippen LogP contribution in [0.4, 0.5) is 0 Å². The van der Waals surface area contributed by atoms with Crippen LogP contribution in [0.25, 0.3) is 0 Å². The van der Waals surface area contributed by atoms with E-state index in [0.29, 0.717) is 0 Å². The van der Waals surface area contributed by atoms with Crippen molar-refractivity contribution in [3.63, 3.8) is 0 Å². The van der Waals surface area contributed by atoms with Crippen LogP contribution in [0.3, 0.4) is 0 Å². The maximum Gasteiger partial charge on any atom is 5.00 e. The van der Waals surface area contributed by atoms with Crippen molar-refractivity contribution >= 4 is 13.6 Å². The molecule has 0 aliphatic heterocycles. The van der Waals surface area contributed by atoms with E-state index in [2.05, 4.69) is 26.9 Å². The van der Waals surface area contributed by atoms with Crippen LogP contribution in [0.5, 0.6) is 0 Å². The van der Waals surface area contributed by atoms with E-state index >= 15 is 0 Å². The molecule has 0 fully saturated rings. The Morgan fingerprint density at radius 3 is 1.00 bits per heavy atom. The third kappa shape index (κ3) is 54.7. The van der Waals surface area contributed by atoms with Crippen LogP contribution in [0, 0.1) is 13.3 Å². The second-order valence-electron chi connectivity index (χ2n) is 1.92. The Morgan fingerprint density at radius 2 is 0.900 bits per heavy atom. The summed E-state index contributed by atoms with van der Waals surface area (Å²) < 4.78 is 15.0. The van der Waals surface area contributed by atoms with Crippen molar-refractivity contribution in [2.75, 3.05) is 0 Å². The first-order valence-corrected chi connectivity index (χ1v) is 4.21. The first-order chi connectivity index (χ1) is 9.00. The average molecular weight is 356 g/mol. The predicted octanol–water partition coefficient (Wildman–Crippen LogP) is 2.18. The average Bonchev–Trinajstić information content (AvgIpc) is 3.25. The van der Waals surface area contributed by atoms with Gasteiger partial charge in [-0.1, -0.05) is 0 Å². The van der Waals surface area contributed by atoms with Crippen molar-refractivity contribution in [2.24, 2.45) is 0 Å². The van der Waals surface area contributed by atoms with Crippen molar-refractivity contribution in [1.29, 1.82) is 0 Å². The minimum Gasteiger partial charge on any atom is -0.748 e. The summed E-state index contributed by atoms with van der Waals surface area (Å²) in [4.78, 5) is 15.5. The quantitative estimate of drug-likeness (QED) is 0.314. The smallest absolute Gasteiger partial charge is 0.748 e. The molecule has 0 aromatic heterocycles. The van der Waals surface area contributed by atoms with Gasteiger partial charge in [-0.15, -0.1) is 0 Å². The zero-order valence-electron chi connectivity index (χ0n) is 10.3. The van der Waals surface area contributed by atoms with Gasteiger partial charge in [0, 0.05) is 17.1 Å². The van der Waals surface area contributed by atoms with Crippen LogP contribution in [-0.4, -0.2) is 13.6 Å². The van der Waals surface area contributed by atoms with Crippen molar-refractivity contribution in [3.8, 4) is 0 Å². The largest absolute Gasteiger partial charge is 5.00 e. The fourth-order valence-electron chi connectivity index (χ4n) is 0.642. The number of hydrogen-bond donors (Lipinski definition) is 0. The predicted molar refractivity (Wildman–Crippen MR) is 65.4 cm³/mol. The SMILES string of the molecule is [C-]#[O+].[C-]#[O+].[CH-]=O.[CH-]=O.[Fe+5].[Fe].[cH-]1[cH-][cH-][cH-][cH-]1.c1cc[cH-]c1. The summed E-state index contributed by atoms with van der Waals surface area (Å²) in [6.07, 6.45) is 0. The van der Waals surface area contributed by atoms with Crippen molar-refractivity contribution in [1.82, 2.24) is 0 Å². The normalized spacial score (nSPS) is 4.60. The number of hydrogen-bond acceptors (Lipinski definition) is 2. The Hall–Kier alpha value is -1.44. The maximum absolute atomic E-state index is 7.75. The molecule has 0 aliphatic rings. The topological polar surface area (TPSA) is 73.9 Å². The monoisotopic (exact) mass is 356 g/mol. The molecule has 0 spiro atoms. The second kappa shape index (κ2) is 65.7. The fourth-order valence-corrected chi connectivity index (χ4v) is 0.642. The van der Waals surface area contributed by atoms with Gasteiger partial charge in [0.05, 0.1) is 0 Å². The van der Waals surface area contributed by atoms with E-state index < -0.39 is 0 Å². The molecule has 0 saturated heterocycles. The second-order valence-corrected chi connectivity index (χ2v) is 1.92. The van der Waals surface area contributed by atoms with Crippen molar-refractivity contribution < 1.29 is 53.0 Å². The summed E-state index contributed by atoms with van der Waals surface area (Å²) in [5.41, 5.74) is 0.